The lowest BCUT2D eigenvalue weighted by Gasteiger charge is -2.23. The third kappa shape index (κ3) is 2.22. The maximum absolute atomic E-state index is 12.8. The van der Waals surface area contributed by atoms with E-state index in [1.54, 1.807) is 0 Å². The molecule has 0 aliphatic carbocycles. The summed E-state index contributed by atoms with van der Waals surface area (Å²) in [5.74, 6) is 0. The summed E-state index contributed by atoms with van der Waals surface area (Å²) in [6, 6.07) is 3.19. The number of halogens is 3. The van der Waals surface area contributed by atoms with E-state index < -0.39 is 11.7 Å². The molecule has 0 atom stereocenters. The zero-order valence-corrected chi connectivity index (χ0v) is 10.5. The average molecular weight is 286 g/mol. The Morgan fingerprint density at radius 1 is 1.25 bits per heavy atom. The minimum absolute atomic E-state index is 0.117. The molecule has 1 aliphatic rings. The molecular formula is C13H13F3N2O2. The Hall–Kier alpha value is -1.76. The third-order valence-corrected chi connectivity index (χ3v) is 3.60. The molecule has 0 unspecified atom stereocenters. The van der Waals surface area contributed by atoms with Crippen molar-refractivity contribution in [3.8, 4) is 0 Å². The van der Waals surface area contributed by atoms with Crippen LogP contribution in [0.3, 0.4) is 0 Å². The van der Waals surface area contributed by atoms with E-state index in [4.69, 9.17) is 4.74 Å². The number of imidazole rings is 1. The second-order valence-electron chi connectivity index (χ2n) is 4.87. The summed E-state index contributed by atoms with van der Waals surface area (Å²) >= 11 is 0. The highest BCUT2D eigenvalue weighted by atomic mass is 19.4. The highest BCUT2D eigenvalue weighted by Crippen LogP contribution is 2.32. The van der Waals surface area contributed by atoms with Crippen LogP contribution in [0.4, 0.5) is 13.2 Å². The number of H-pyrrole nitrogens is 1. The Bertz CT molecular complexity index is 681. The van der Waals surface area contributed by atoms with E-state index in [-0.39, 0.29) is 11.7 Å². The van der Waals surface area contributed by atoms with Gasteiger partial charge in [-0.05, 0) is 31.0 Å². The van der Waals surface area contributed by atoms with Crippen molar-refractivity contribution in [2.75, 3.05) is 13.2 Å². The molecule has 1 aromatic carbocycles. The molecule has 0 saturated carbocycles. The summed E-state index contributed by atoms with van der Waals surface area (Å²) in [4.78, 5) is 14.6. The van der Waals surface area contributed by atoms with Crippen molar-refractivity contribution in [3.63, 3.8) is 0 Å². The SMILES string of the molecule is O=c1[nH]c2ccc(C(F)(F)F)cc2n1C1CCOCC1. The van der Waals surface area contributed by atoms with Crippen molar-refractivity contribution in [1.29, 1.82) is 0 Å². The fraction of sp³-hybridized carbons (Fsp3) is 0.462. The number of fused-ring (bicyclic) bond motifs is 1. The van der Waals surface area contributed by atoms with Gasteiger partial charge in [-0.25, -0.2) is 4.79 Å². The number of aromatic amines is 1. The molecular weight excluding hydrogens is 273 g/mol. The average Bonchev–Trinajstić information content (AvgIpc) is 2.73. The number of nitrogens with one attached hydrogen (secondary N) is 1. The van der Waals surface area contributed by atoms with Crippen molar-refractivity contribution in [1.82, 2.24) is 9.55 Å². The Morgan fingerprint density at radius 3 is 2.60 bits per heavy atom. The quantitative estimate of drug-likeness (QED) is 0.876. The van der Waals surface area contributed by atoms with Crippen LogP contribution in [-0.2, 0) is 10.9 Å². The number of benzene rings is 1. The van der Waals surface area contributed by atoms with Crippen molar-refractivity contribution >= 4 is 11.0 Å². The molecule has 4 nitrogen and oxygen atoms in total. The largest absolute Gasteiger partial charge is 0.416 e. The zero-order chi connectivity index (χ0) is 14.3. The van der Waals surface area contributed by atoms with Gasteiger partial charge in [-0.1, -0.05) is 0 Å². The molecule has 1 fully saturated rings. The van der Waals surface area contributed by atoms with Gasteiger partial charge in [0.1, 0.15) is 0 Å². The summed E-state index contributed by atoms with van der Waals surface area (Å²) in [6.07, 6.45) is -3.16. The Balaban J connectivity index is 2.15. The molecule has 20 heavy (non-hydrogen) atoms. The molecule has 1 aromatic heterocycles. The molecule has 0 bridgehead atoms. The van der Waals surface area contributed by atoms with Gasteiger partial charge in [0, 0.05) is 19.3 Å². The number of aromatic nitrogens is 2. The summed E-state index contributed by atoms with van der Waals surface area (Å²) < 4.78 is 45.0. The molecule has 1 saturated heterocycles. The van der Waals surface area contributed by atoms with Gasteiger partial charge in [0.2, 0.25) is 0 Å². The third-order valence-electron chi connectivity index (χ3n) is 3.60. The van der Waals surface area contributed by atoms with Gasteiger partial charge in [0.15, 0.2) is 0 Å². The lowest BCUT2D eigenvalue weighted by molar-refractivity contribution is -0.137. The summed E-state index contributed by atoms with van der Waals surface area (Å²) in [6.45, 7) is 1.03. The Kier molecular flexibility index (Phi) is 3.08. The highest BCUT2D eigenvalue weighted by Gasteiger charge is 2.31. The van der Waals surface area contributed by atoms with Crippen LogP contribution in [0, 0.1) is 0 Å². The molecule has 1 N–H and O–H groups in total. The van der Waals surface area contributed by atoms with Crippen LogP contribution in [0.5, 0.6) is 0 Å². The van der Waals surface area contributed by atoms with Gasteiger partial charge in [-0.2, -0.15) is 13.2 Å². The second-order valence-corrected chi connectivity index (χ2v) is 4.87. The number of nitrogens with zero attached hydrogens (tertiary/aromatic N) is 1. The maximum atomic E-state index is 12.8. The van der Waals surface area contributed by atoms with Gasteiger partial charge >= 0.3 is 11.9 Å². The lowest BCUT2D eigenvalue weighted by Crippen LogP contribution is -2.27. The zero-order valence-electron chi connectivity index (χ0n) is 10.5. The smallest absolute Gasteiger partial charge is 0.381 e. The van der Waals surface area contributed by atoms with Gasteiger partial charge < -0.3 is 9.72 Å². The molecule has 7 heteroatoms. The minimum atomic E-state index is -4.41. The predicted molar refractivity (Wildman–Crippen MR) is 66.7 cm³/mol. The van der Waals surface area contributed by atoms with Crippen LogP contribution in [0.15, 0.2) is 23.0 Å². The second kappa shape index (κ2) is 4.66. The van der Waals surface area contributed by atoms with Crippen LogP contribution in [0.2, 0.25) is 0 Å². The van der Waals surface area contributed by atoms with Crippen molar-refractivity contribution in [2.24, 2.45) is 0 Å². The van der Waals surface area contributed by atoms with E-state index in [0.29, 0.717) is 37.1 Å². The van der Waals surface area contributed by atoms with E-state index in [9.17, 15) is 18.0 Å². The first-order chi connectivity index (χ1) is 9.47. The van der Waals surface area contributed by atoms with Crippen LogP contribution in [-0.4, -0.2) is 22.8 Å². The Labute approximate surface area is 112 Å². The number of rotatable bonds is 1. The molecule has 2 aromatic rings. The minimum Gasteiger partial charge on any atom is -0.381 e. The van der Waals surface area contributed by atoms with E-state index in [0.717, 1.165) is 12.1 Å². The van der Waals surface area contributed by atoms with Crippen molar-refractivity contribution in [2.45, 2.75) is 25.1 Å². The molecule has 1 aliphatic heterocycles. The molecule has 108 valence electrons. The normalized spacial score (nSPS) is 17.8. The van der Waals surface area contributed by atoms with E-state index in [1.165, 1.54) is 10.6 Å². The van der Waals surface area contributed by atoms with Crippen LogP contribution in [0.1, 0.15) is 24.4 Å². The molecule has 0 spiro atoms. The maximum Gasteiger partial charge on any atom is 0.416 e. The van der Waals surface area contributed by atoms with Crippen LogP contribution >= 0.6 is 0 Å². The molecule has 0 amide bonds. The first-order valence-electron chi connectivity index (χ1n) is 6.36. The van der Waals surface area contributed by atoms with Gasteiger partial charge in [-0.3, -0.25) is 4.57 Å². The monoisotopic (exact) mass is 286 g/mol. The van der Waals surface area contributed by atoms with E-state index in [1.807, 2.05) is 0 Å². The predicted octanol–water partition coefficient (Wildman–Crippen LogP) is 2.70. The molecule has 3 rings (SSSR count). The van der Waals surface area contributed by atoms with Gasteiger partial charge in [0.25, 0.3) is 0 Å². The fourth-order valence-electron chi connectivity index (χ4n) is 2.60. The summed E-state index contributed by atoms with van der Waals surface area (Å²) in [7, 11) is 0. The number of alkyl halides is 3. The van der Waals surface area contributed by atoms with E-state index >= 15 is 0 Å². The highest BCUT2D eigenvalue weighted by molar-refractivity contribution is 5.76. The van der Waals surface area contributed by atoms with E-state index in [2.05, 4.69) is 4.98 Å². The Morgan fingerprint density at radius 2 is 1.95 bits per heavy atom. The topological polar surface area (TPSA) is 47.0 Å². The van der Waals surface area contributed by atoms with Crippen molar-refractivity contribution < 1.29 is 17.9 Å². The van der Waals surface area contributed by atoms with Crippen LogP contribution in [0.25, 0.3) is 11.0 Å². The standard InChI is InChI=1S/C13H13F3N2O2/c14-13(15,16)8-1-2-10-11(7-8)18(12(19)17-10)9-3-5-20-6-4-9/h1-2,7,9H,3-6H2,(H,17,19). The fourth-order valence-corrected chi connectivity index (χ4v) is 2.60. The van der Waals surface area contributed by atoms with Crippen LogP contribution < -0.4 is 5.69 Å². The van der Waals surface area contributed by atoms with Gasteiger partial charge in [-0.15, -0.1) is 0 Å². The summed E-state index contributed by atoms with van der Waals surface area (Å²) in [5.41, 5.74) is -0.387. The number of hydrogen-bond acceptors (Lipinski definition) is 2. The van der Waals surface area contributed by atoms with Crippen molar-refractivity contribution in [3.05, 3.63) is 34.2 Å². The molecule has 2 heterocycles. The first-order valence-corrected chi connectivity index (χ1v) is 6.36. The summed E-state index contributed by atoms with van der Waals surface area (Å²) in [5, 5.41) is 0. The number of hydrogen-bond donors (Lipinski definition) is 1. The first kappa shape index (κ1) is 13.2. The number of ether oxygens (including phenoxy) is 1. The van der Waals surface area contributed by atoms with Gasteiger partial charge in [0.05, 0.1) is 16.6 Å². The lowest BCUT2D eigenvalue weighted by atomic mass is 10.1. The molecule has 0 radical (unpaired) electrons.